The van der Waals surface area contributed by atoms with Crippen LogP contribution in [0.4, 0.5) is 5.69 Å². The number of nitro groups is 1. The number of aliphatic hydroxyl groups is 5. The number of hydrogen-bond donors (Lipinski definition) is 5. The summed E-state index contributed by atoms with van der Waals surface area (Å²) in [5.41, 5.74) is 1.35. The van der Waals surface area contributed by atoms with Gasteiger partial charge in [0.05, 0.1) is 23.7 Å². The van der Waals surface area contributed by atoms with Crippen molar-refractivity contribution >= 4 is 16.6 Å². The molecule has 0 spiro atoms. The lowest BCUT2D eigenvalue weighted by Gasteiger charge is -2.29. The number of nitro benzene ring substituents is 1. The Bertz CT molecular complexity index is 1120. The SMILES string of the molecule is COc1cc(-n2ccc3cc([N+](=O)[O-])ccc32)ccc1OC(O)C(O)C(O)C(O)C(C)CO. The Hall–Kier alpha value is -3.22. The lowest BCUT2D eigenvalue weighted by atomic mass is 9.97. The monoisotopic (exact) mass is 462 g/mol. The van der Waals surface area contributed by atoms with Crippen molar-refractivity contribution in [2.24, 2.45) is 5.92 Å². The zero-order valence-corrected chi connectivity index (χ0v) is 18.0. The topological polar surface area (TPSA) is 168 Å². The first-order valence-corrected chi connectivity index (χ1v) is 10.1. The van der Waals surface area contributed by atoms with Gasteiger partial charge in [0.2, 0.25) is 6.29 Å². The van der Waals surface area contributed by atoms with Crippen LogP contribution in [0.3, 0.4) is 0 Å². The number of aromatic nitrogens is 1. The first-order valence-electron chi connectivity index (χ1n) is 10.1. The molecule has 0 aliphatic rings. The molecule has 1 heterocycles. The molecule has 11 heteroatoms. The van der Waals surface area contributed by atoms with Gasteiger partial charge in [-0.05, 0) is 24.3 Å². The maximum absolute atomic E-state index is 11.0. The van der Waals surface area contributed by atoms with Crippen molar-refractivity contribution in [2.75, 3.05) is 13.7 Å². The van der Waals surface area contributed by atoms with E-state index in [1.54, 1.807) is 35.0 Å². The Morgan fingerprint density at radius 2 is 1.73 bits per heavy atom. The molecule has 0 radical (unpaired) electrons. The highest BCUT2D eigenvalue weighted by molar-refractivity contribution is 5.84. The van der Waals surface area contributed by atoms with E-state index in [9.17, 15) is 30.5 Å². The minimum atomic E-state index is -1.90. The molecule has 0 aliphatic carbocycles. The van der Waals surface area contributed by atoms with E-state index in [0.29, 0.717) is 11.1 Å². The third-order valence-electron chi connectivity index (χ3n) is 5.42. The molecule has 0 saturated carbocycles. The predicted molar refractivity (Wildman–Crippen MR) is 117 cm³/mol. The Kier molecular flexibility index (Phi) is 7.51. The van der Waals surface area contributed by atoms with E-state index in [1.807, 2.05) is 0 Å². The molecule has 0 aliphatic heterocycles. The predicted octanol–water partition coefficient (Wildman–Crippen LogP) is 0.956. The number of fused-ring (bicyclic) bond motifs is 1. The summed E-state index contributed by atoms with van der Waals surface area (Å²) in [5, 5.41) is 61.1. The summed E-state index contributed by atoms with van der Waals surface area (Å²) in [5.74, 6) is -0.452. The number of benzene rings is 2. The highest BCUT2D eigenvalue weighted by atomic mass is 16.6. The minimum absolute atomic E-state index is 0.0187. The highest BCUT2D eigenvalue weighted by Gasteiger charge is 2.34. The van der Waals surface area contributed by atoms with Gasteiger partial charge in [0.25, 0.3) is 5.69 Å². The Morgan fingerprint density at radius 1 is 1.00 bits per heavy atom. The fourth-order valence-electron chi connectivity index (χ4n) is 3.39. The molecule has 0 amide bonds. The van der Waals surface area contributed by atoms with Crippen LogP contribution < -0.4 is 9.47 Å². The van der Waals surface area contributed by atoms with Gasteiger partial charge in [0.1, 0.15) is 12.2 Å². The van der Waals surface area contributed by atoms with Crippen LogP contribution in [-0.2, 0) is 0 Å². The molecule has 5 unspecified atom stereocenters. The van der Waals surface area contributed by atoms with Crippen molar-refractivity contribution in [3.8, 4) is 17.2 Å². The van der Waals surface area contributed by atoms with Gasteiger partial charge < -0.3 is 39.6 Å². The summed E-state index contributed by atoms with van der Waals surface area (Å²) >= 11 is 0. The van der Waals surface area contributed by atoms with Crippen molar-refractivity contribution in [3.63, 3.8) is 0 Å². The van der Waals surface area contributed by atoms with E-state index >= 15 is 0 Å². The van der Waals surface area contributed by atoms with Gasteiger partial charge in [0.15, 0.2) is 11.5 Å². The third-order valence-corrected chi connectivity index (χ3v) is 5.42. The van der Waals surface area contributed by atoms with Gasteiger partial charge in [-0.1, -0.05) is 6.92 Å². The van der Waals surface area contributed by atoms with Crippen molar-refractivity contribution in [3.05, 3.63) is 58.8 Å². The number of aliphatic hydroxyl groups excluding tert-OH is 5. The van der Waals surface area contributed by atoms with Crippen LogP contribution in [0.5, 0.6) is 11.5 Å². The second-order valence-electron chi connectivity index (χ2n) is 7.66. The maximum Gasteiger partial charge on any atom is 0.270 e. The minimum Gasteiger partial charge on any atom is -0.493 e. The number of methoxy groups -OCH3 is 1. The number of non-ortho nitro benzene ring substituents is 1. The second kappa shape index (κ2) is 10.1. The van der Waals surface area contributed by atoms with Crippen LogP contribution >= 0.6 is 0 Å². The van der Waals surface area contributed by atoms with Crippen molar-refractivity contribution < 1.29 is 39.9 Å². The highest BCUT2D eigenvalue weighted by Crippen LogP contribution is 2.33. The van der Waals surface area contributed by atoms with Crippen molar-refractivity contribution in [2.45, 2.75) is 31.5 Å². The molecule has 1 aromatic heterocycles. The van der Waals surface area contributed by atoms with Crippen LogP contribution in [0.1, 0.15) is 6.92 Å². The molecule has 0 saturated heterocycles. The van der Waals surface area contributed by atoms with E-state index in [-0.39, 0.29) is 17.2 Å². The third kappa shape index (κ3) is 5.07. The first kappa shape index (κ1) is 24.4. The van der Waals surface area contributed by atoms with Crippen LogP contribution in [-0.4, -0.2) is 73.3 Å². The van der Waals surface area contributed by atoms with E-state index in [2.05, 4.69) is 0 Å². The Morgan fingerprint density at radius 3 is 2.36 bits per heavy atom. The number of nitrogens with zero attached hydrogens (tertiary/aromatic N) is 2. The molecule has 5 atom stereocenters. The van der Waals surface area contributed by atoms with E-state index in [1.165, 1.54) is 32.2 Å². The van der Waals surface area contributed by atoms with E-state index in [4.69, 9.17) is 14.6 Å². The van der Waals surface area contributed by atoms with Crippen molar-refractivity contribution in [1.29, 1.82) is 0 Å². The summed E-state index contributed by atoms with van der Waals surface area (Å²) in [6.07, 6.45) is -5.26. The second-order valence-corrected chi connectivity index (χ2v) is 7.66. The molecule has 0 bridgehead atoms. The number of hydrogen-bond acceptors (Lipinski definition) is 9. The number of ether oxygens (including phenoxy) is 2. The summed E-state index contributed by atoms with van der Waals surface area (Å²) in [4.78, 5) is 10.5. The molecule has 178 valence electrons. The Balaban J connectivity index is 1.83. The van der Waals surface area contributed by atoms with Gasteiger partial charge in [-0.25, -0.2) is 0 Å². The van der Waals surface area contributed by atoms with Gasteiger partial charge in [-0.3, -0.25) is 10.1 Å². The quantitative estimate of drug-likeness (QED) is 0.167. The summed E-state index contributed by atoms with van der Waals surface area (Å²) in [6.45, 7) is 1.05. The summed E-state index contributed by atoms with van der Waals surface area (Å²) < 4.78 is 12.5. The average Bonchev–Trinajstić information content (AvgIpc) is 3.25. The molecule has 2 aromatic carbocycles. The van der Waals surface area contributed by atoms with Gasteiger partial charge in [-0.15, -0.1) is 0 Å². The fourth-order valence-corrected chi connectivity index (χ4v) is 3.39. The average molecular weight is 462 g/mol. The molecule has 3 aromatic rings. The lowest BCUT2D eigenvalue weighted by Crippen LogP contribution is -2.49. The van der Waals surface area contributed by atoms with Gasteiger partial charge in [-0.2, -0.15) is 0 Å². The normalized spacial score (nSPS) is 16.1. The van der Waals surface area contributed by atoms with Gasteiger partial charge in [0, 0.05) is 48.0 Å². The summed E-state index contributed by atoms with van der Waals surface area (Å²) in [6, 6.07) is 11.0. The van der Waals surface area contributed by atoms with Crippen molar-refractivity contribution in [1.82, 2.24) is 4.57 Å². The maximum atomic E-state index is 11.0. The molecule has 5 N–H and O–H groups in total. The van der Waals surface area contributed by atoms with E-state index < -0.39 is 42.1 Å². The lowest BCUT2D eigenvalue weighted by molar-refractivity contribution is -0.384. The van der Waals surface area contributed by atoms with Crippen LogP contribution in [0.2, 0.25) is 0 Å². The first-order chi connectivity index (χ1) is 15.7. The zero-order valence-electron chi connectivity index (χ0n) is 18.0. The molecule has 3 rings (SSSR count). The molecule has 11 nitrogen and oxygen atoms in total. The van der Waals surface area contributed by atoms with E-state index in [0.717, 1.165) is 5.52 Å². The fraction of sp³-hybridized carbons (Fsp3) is 0.364. The molecular formula is C22H26N2O9. The molecule has 0 fully saturated rings. The Labute approximate surface area is 188 Å². The standard InChI is InChI=1S/C22H26N2O9/c1-12(11-25)19(26)20(27)21(28)22(29)33-17-6-4-14(10-18(17)32-2)23-8-7-13-9-15(24(30)31)3-5-16(13)23/h3-10,12,19-22,25-29H,11H2,1-2H3. The van der Waals surface area contributed by atoms with Crippen LogP contribution in [0.15, 0.2) is 48.7 Å². The van der Waals surface area contributed by atoms with Gasteiger partial charge >= 0.3 is 0 Å². The zero-order chi connectivity index (χ0) is 24.3. The summed E-state index contributed by atoms with van der Waals surface area (Å²) in [7, 11) is 1.38. The molecule has 33 heavy (non-hydrogen) atoms. The molecular weight excluding hydrogens is 436 g/mol. The smallest absolute Gasteiger partial charge is 0.270 e. The van der Waals surface area contributed by atoms with Crippen LogP contribution in [0.25, 0.3) is 16.6 Å². The van der Waals surface area contributed by atoms with Crippen LogP contribution in [0, 0.1) is 16.0 Å². The largest absolute Gasteiger partial charge is 0.493 e. The number of rotatable bonds is 10.